The number of likely N-dealkylation sites (tertiary alicyclic amines) is 2. The third kappa shape index (κ3) is 4.60. The molecule has 1 aliphatic carbocycles. The Hall–Kier alpha value is -1.30. The van der Waals surface area contributed by atoms with Gasteiger partial charge in [-0.05, 0) is 83.5 Å². The molecule has 3 saturated heterocycles. The maximum atomic E-state index is 13.8. The van der Waals surface area contributed by atoms with Gasteiger partial charge in [-0.25, -0.2) is 4.79 Å². The minimum atomic E-state index is -0.485. The molecular weight excluding hydrogens is 392 g/mol. The van der Waals surface area contributed by atoms with Gasteiger partial charge in [-0.3, -0.25) is 4.79 Å². The van der Waals surface area contributed by atoms with Gasteiger partial charge in [0.1, 0.15) is 5.60 Å². The van der Waals surface area contributed by atoms with Crippen LogP contribution < -0.4 is 0 Å². The second-order valence-corrected chi connectivity index (χ2v) is 11.7. The highest BCUT2D eigenvalue weighted by Crippen LogP contribution is 2.50. The van der Waals surface area contributed by atoms with Crippen LogP contribution in [-0.4, -0.2) is 65.8 Å². The molecule has 4 fully saturated rings. The number of hydrogen-bond donors (Lipinski definition) is 0. The van der Waals surface area contributed by atoms with Crippen LogP contribution in [0.1, 0.15) is 79.6 Å². The maximum Gasteiger partial charge on any atom is 0.410 e. The molecule has 4 rings (SSSR count). The highest BCUT2D eigenvalue weighted by molar-refractivity contribution is 5.84. The summed E-state index contributed by atoms with van der Waals surface area (Å²) in [5.74, 6) is 2.39. The van der Waals surface area contributed by atoms with E-state index in [9.17, 15) is 9.59 Å². The zero-order valence-corrected chi connectivity index (χ0v) is 20.2. The van der Waals surface area contributed by atoms with Gasteiger partial charge >= 0.3 is 6.09 Å². The van der Waals surface area contributed by atoms with E-state index in [0.717, 1.165) is 44.8 Å². The lowest BCUT2D eigenvalue weighted by atomic mass is 9.77. The standard InChI is InChI=1S/C25H42N2O4/c1-6-25(9-7-18(13-25)11-19-8-10-30-16-17(19)2)22(28)26-14-21-12-20(26)15-27(21)23(29)31-24(3,4)5/h17-21H,6-16H2,1-5H3/t17-,18+,19?,20-,21-,25+/m1/s1. The predicted molar refractivity (Wildman–Crippen MR) is 120 cm³/mol. The zero-order chi connectivity index (χ0) is 22.4. The SMILES string of the molecule is CC[C@]1(C(=O)N2C[C@H]3C[C@@H]2CN3C(=O)OC(C)(C)C)CC[C@@H](CC2CCOC[C@H]2C)C1. The van der Waals surface area contributed by atoms with E-state index in [1.54, 1.807) is 0 Å². The highest BCUT2D eigenvalue weighted by atomic mass is 16.6. The van der Waals surface area contributed by atoms with Crippen molar-refractivity contribution in [2.45, 2.75) is 97.2 Å². The number of ether oxygens (including phenoxy) is 2. The second kappa shape index (κ2) is 8.57. The summed E-state index contributed by atoms with van der Waals surface area (Å²) in [7, 11) is 0. The first-order valence-electron chi connectivity index (χ1n) is 12.5. The monoisotopic (exact) mass is 434 g/mol. The van der Waals surface area contributed by atoms with Crippen molar-refractivity contribution < 1.29 is 19.1 Å². The summed E-state index contributed by atoms with van der Waals surface area (Å²) in [4.78, 5) is 30.3. The molecule has 0 aromatic carbocycles. The Morgan fingerprint density at radius 1 is 1.13 bits per heavy atom. The second-order valence-electron chi connectivity index (χ2n) is 11.7. The first-order chi connectivity index (χ1) is 14.6. The zero-order valence-electron chi connectivity index (χ0n) is 20.2. The molecule has 31 heavy (non-hydrogen) atoms. The summed E-state index contributed by atoms with van der Waals surface area (Å²) in [6, 6.07) is 0.265. The molecule has 0 radical (unpaired) electrons. The summed E-state index contributed by atoms with van der Waals surface area (Å²) in [6.45, 7) is 13.3. The van der Waals surface area contributed by atoms with E-state index in [2.05, 4.69) is 18.7 Å². The average Bonchev–Trinajstić information content (AvgIpc) is 3.42. The molecule has 0 spiro atoms. The van der Waals surface area contributed by atoms with Crippen molar-refractivity contribution in [2.24, 2.45) is 23.2 Å². The molecule has 6 heteroatoms. The fraction of sp³-hybridized carbons (Fsp3) is 0.920. The Bertz CT molecular complexity index is 689. The molecule has 0 aromatic heterocycles. The summed E-state index contributed by atoms with van der Waals surface area (Å²) in [5, 5.41) is 0. The highest BCUT2D eigenvalue weighted by Gasteiger charge is 2.53. The van der Waals surface area contributed by atoms with Crippen LogP contribution in [0.25, 0.3) is 0 Å². The maximum absolute atomic E-state index is 13.8. The van der Waals surface area contributed by atoms with Gasteiger partial charge in [0.25, 0.3) is 0 Å². The van der Waals surface area contributed by atoms with Crippen LogP contribution >= 0.6 is 0 Å². The van der Waals surface area contributed by atoms with E-state index in [1.165, 1.54) is 19.3 Å². The van der Waals surface area contributed by atoms with Gasteiger partial charge in [0.2, 0.25) is 5.91 Å². The quantitative estimate of drug-likeness (QED) is 0.655. The van der Waals surface area contributed by atoms with Crippen molar-refractivity contribution in [1.82, 2.24) is 9.80 Å². The van der Waals surface area contributed by atoms with Crippen molar-refractivity contribution in [3.8, 4) is 0 Å². The lowest BCUT2D eigenvalue weighted by Crippen LogP contribution is -2.54. The van der Waals surface area contributed by atoms with E-state index >= 15 is 0 Å². The summed E-state index contributed by atoms with van der Waals surface area (Å²) in [6.07, 6.45) is 7.24. The van der Waals surface area contributed by atoms with Crippen LogP contribution in [0.2, 0.25) is 0 Å². The van der Waals surface area contributed by atoms with Gasteiger partial charge in [-0.1, -0.05) is 13.8 Å². The summed E-state index contributed by atoms with van der Waals surface area (Å²) < 4.78 is 11.2. The fourth-order valence-electron chi connectivity index (χ4n) is 6.57. The third-order valence-electron chi connectivity index (χ3n) is 8.43. The van der Waals surface area contributed by atoms with Gasteiger partial charge < -0.3 is 19.3 Å². The van der Waals surface area contributed by atoms with Crippen molar-refractivity contribution >= 4 is 12.0 Å². The number of hydrogen-bond acceptors (Lipinski definition) is 4. The van der Waals surface area contributed by atoms with Crippen LogP contribution in [0.5, 0.6) is 0 Å². The van der Waals surface area contributed by atoms with Crippen LogP contribution in [-0.2, 0) is 14.3 Å². The van der Waals surface area contributed by atoms with Gasteiger partial charge in [0, 0.05) is 31.7 Å². The molecule has 2 bridgehead atoms. The Labute approximate surface area is 188 Å². The summed E-state index contributed by atoms with van der Waals surface area (Å²) >= 11 is 0. The Morgan fingerprint density at radius 2 is 1.84 bits per heavy atom. The minimum Gasteiger partial charge on any atom is -0.444 e. The molecule has 0 aromatic rings. The van der Waals surface area contributed by atoms with Crippen LogP contribution in [0.4, 0.5) is 4.79 Å². The first-order valence-corrected chi connectivity index (χ1v) is 12.5. The molecule has 6 atom stereocenters. The third-order valence-corrected chi connectivity index (χ3v) is 8.43. The van der Waals surface area contributed by atoms with Gasteiger partial charge in [0.15, 0.2) is 0 Å². The molecule has 0 N–H and O–H groups in total. The Balaban J connectivity index is 1.35. The van der Waals surface area contributed by atoms with Crippen molar-refractivity contribution in [3.05, 3.63) is 0 Å². The smallest absolute Gasteiger partial charge is 0.410 e. The van der Waals surface area contributed by atoms with E-state index in [0.29, 0.717) is 30.8 Å². The lowest BCUT2D eigenvalue weighted by molar-refractivity contribution is -0.145. The molecular formula is C25H42N2O4. The minimum absolute atomic E-state index is 0.109. The number of rotatable bonds is 4. The van der Waals surface area contributed by atoms with Crippen molar-refractivity contribution in [1.29, 1.82) is 0 Å². The number of fused-ring (bicyclic) bond motifs is 2. The van der Waals surface area contributed by atoms with E-state index < -0.39 is 5.60 Å². The molecule has 3 heterocycles. The van der Waals surface area contributed by atoms with E-state index in [4.69, 9.17) is 9.47 Å². The molecule has 4 aliphatic rings. The van der Waals surface area contributed by atoms with Crippen LogP contribution in [0.3, 0.4) is 0 Å². The molecule has 176 valence electrons. The van der Waals surface area contributed by atoms with Gasteiger partial charge in [0.05, 0.1) is 12.1 Å². The van der Waals surface area contributed by atoms with Gasteiger partial charge in [-0.2, -0.15) is 0 Å². The molecule has 6 nitrogen and oxygen atoms in total. The van der Waals surface area contributed by atoms with Crippen LogP contribution in [0.15, 0.2) is 0 Å². The van der Waals surface area contributed by atoms with Crippen molar-refractivity contribution in [3.63, 3.8) is 0 Å². The first kappa shape index (κ1) is 22.9. The Kier molecular flexibility index (Phi) is 6.32. The predicted octanol–water partition coefficient (Wildman–Crippen LogP) is 4.47. The van der Waals surface area contributed by atoms with E-state index in [1.807, 2.05) is 25.7 Å². The number of carbonyl (C=O) groups excluding carboxylic acids is 2. The number of piperazine rings is 1. The van der Waals surface area contributed by atoms with Crippen LogP contribution in [0, 0.1) is 23.2 Å². The summed E-state index contributed by atoms with van der Waals surface area (Å²) in [5.41, 5.74) is -0.679. The topological polar surface area (TPSA) is 59.1 Å². The molecule has 1 unspecified atom stereocenters. The fourth-order valence-corrected chi connectivity index (χ4v) is 6.57. The Morgan fingerprint density at radius 3 is 2.45 bits per heavy atom. The number of nitrogens with zero attached hydrogens (tertiary/aromatic N) is 2. The molecule has 3 aliphatic heterocycles. The van der Waals surface area contributed by atoms with E-state index in [-0.39, 0.29) is 23.6 Å². The molecule has 1 saturated carbocycles. The number of amides is 2. The average molecular weight is 435 g/mol. The molecule has 2 amide bonds. The largest absolute Gasteiger partial charge is 0.444 e. The normalized spacial score (nSPS) is 38.0. The van der Waals surface area contributed by atoms with Gasteiger partial charge in [-0.15, -0.1) is 0 Å². The number of carbonyl (C=O) groups is 2. The van der Waals surface area contributed by atoms with Crippen molar-refractivity contribution in [2.75, 3.05) is 26.3 Å². The lowest BCUT2D eigenvalue weighted by Gasteiger charge is -2.39.